The van der Waals surface area contributed by atoms with Crippen LogP contribution in [-0.4, -0.2) is 22.2 Å². The fraction of sp³-hybridized carbons (Fsp3) is 0.167. The average molecular weight is 265 g/mol. The highest BCUT2D eigenvalue weighted by Gasteiger charge is 2.06. The van der Waals surface area contributed by atoms with Gasteiger partial charge in [0.2, 0.25) is 0 Å². The maximum absolute atomic E-state index is 11.8. The molecule has 1 aromatic heterocycles. The van der Waals surface area contributed by atoms with E-state index < -0.39 is 0 Å². The number of carbonyl (C=O) groups excluding carboxylic acids is 1. The van der Waals surface area contributed by atoms with Crippen LogP contribution in [0.15, 0.2) is 36.7 Å². The summed E-state index contributed by atoms with van der Waals surface area (Å²) in [4.78, 5) is 11.8. The van der Waals surface area contributed by atoms with E-state index in [1.807, 2.05) is 12.3 Å². The van der Waals surface area contributed by atoms with Gasteiger partial charge in [0.15, 0.2) is 0 Å². The number of rotatable bonds is 4. The van der Waals surface area contributed by atoms with Crippen molar-refractivity contribution >= 4 is 23.2 Å². The molecule has 3 N–H and O–H groups in total. The molecule has 0 aliphatic carbocycles. The summed E-state index contributed by atoms with van der Waals surface area (Å²) in [5.74, 6) is -0.175. The zero-order valence-electron chi connectivity index (χ0n) is 9.64. The number of nitrogens with two attached hydrogens (primary N) is 1. The Morgan fingerprint density at radius 3 is 3.00 bits per heavy atom. The van der Waals surface area contributed by atoms with E-state index in [9.17, 15) is 4.79 Å². The number of amides is 1. The van der Waals surface area contributed by atoms with Crippen molar-refractivity contribution < 1.29 is 4.79 Å². The molecule has 18 heavy (non-hydrogen) atoms. The number of hydrogen-bond acceptors (Lipinski definition) is 3. The van der Waals surface area contributed by atoms with Gasteiger partial charge in [-0.1, -0.05) is 11.6 Å². The summed E-state index contributed by atoms with van der Waals surface area (Å²) >= 11 is 5.79. The molecule has 1 amide bonds. The van der Waals surface area contributed by atoms with Crippen LogP contribution in [-0.2, 0) is 6.54 Å². The highest BCUT2D eigenvalue weighted by atomic mass is 35.5. The third kappa shape index (κ3) is 3.01. The van der Waals surface area contributed by atoms with E-state index in [1.54, 1.807) is 29.1 Å². The molecule has 94 valence electrons. The first-order valence-electron chi connectivity index (χ1n) is 5.47. The molecule has 0 radical (unpaired) electrons. The zero-order valence-corrected chi connectivity index (χ0v) is 10.4. The molecule has 2 rings (SSSR count). The second kappa shape index (κ2) is 5.55. The summed E-state index contributed by atoms with van der Waals surface area (Å²) in [5.41, 5.74) is 6.54. The highest BCUT2D eigenvalue weighted by molar-refractivity contribution is 6.33. The lowest BCUT2D eigenvalue weighted by Crippen LogP contribution is -2.27. The molecule has 6 heteroatoms. The van der Waals surface area contributed by atoms with Gasteiger partial charge in [0.05, 0.1) is 17.3 Å². The van der Waals surface area contributed by atoms with E-state index in [1.165, 1.54) is 0 Å². The van der Waals surface area contributed by atoms with Crippen molar-refractivity contribution in [3.05, 3.63) is 47.2 Å². The van der Waals surface area contributed by atoms with Crippen LogP contribution >= 0.6 is 11.6 Å². The van der Waals surface area contributed by atoms with E-state index in [0.717, 1.165) is 0 Å². The van der Waals surface area contributed by atoms with Gasteiger partial charge in [0.1, 0.15) is 0 Å². The molecular formula is C12H13ClN4O. The lowest BCUT2D eigenvalue weighted by atomic mass is 10.2. The molecule has 0 aliphatic heterocycles. The van der Waals surface area contributed by atoms with E-state index in [-0.39, 0.29) is 5.91 Å². The third-order valence-corrected chi connectivity index (χ3v) is 2.79. The van der Waals surface area contributed by atoms with Crippen LogP contribution in [0, 0.1) is 0 Å². The Hall–Kier alpha value is -2.01. The van der Waals surface area contributed by atoms with Crippen molar-refractivity contribution in [3.8, 4) is 0 Å². The fourth-order valence-corrected chi connectivity index (χ4v) is 1.62. The lowest BCUT2D eigenvalue weighted by molar-refractivity contribution is 0.0952. The Bertz CT molecular complexity index is 539. The number of carbonyl (C=O) groups is 1. The lowest BCUT2D eigenvalue weighted by Gasteiger charge is -2.06. The predicted molar refractivity (Wildman–Crippen MR) is 70.4 cm³/mol. The summed E-state index contributed by atoms with van der Waals surface area (Å²) in [6, 6.07) is 6.65. The Morgan fingerprint density at radius 2 is 2.33 bits per heavy atom. The Labute approximate surface area is 110 Å². The normalized spacial score (nSPS) is 10.3. The first-order valence-corrected chi connectivity index (χ1v) is 5.85. The smallest absolute Gasteiger partial charge is 0.251 e. The molecule has 0 unspecified atom stereocenters. The van der Waals surface area contributed by atoms with Gasteiger partial charge in [-0.25, -0.2) is 0 Å². The van der Waals surface area contributed by atoms with E-state index in [0.29, 0.717) is 29.4 Å². The van der Waals surface area contributed by atoms with Gasteiger partial charge in [0, 0.05) is 24.5 Å². The molecule has 1 heterocycles. The van der Waals surface area contributed by atoms with Crippen LogP contribution in [0.4, 0.5) is 5.69 Å². The van der Waals surface area contributed by atoms with E-state index >= 15 is 0 Å². The van der Waals surface area contributed by atoms with Crippen LogP contribution in [0.3, 0.4) is 0 Å². The van der Waals surface area contributed by atoms with Crippen LogP contribution in [0.1, 0.15) is 10.4 Å². The predicted octanol–water partition coefficient (Wildman–Crippen LogP) is 1.55. The summed E-state index contributed by atoms with van der Waals surface area (Å²) in [7, 11) is 0. The average Bonchev–Trinajstić information content (AvgIpc) is 2.85. The Balaban J connectivity index is 1.89. The first kappa shape index (κ1) is 12.4. The van der Waals surface area contributed by atoms with E-state index in [2.05, 4.69) is 10.4 Å². The number of halogens is 1. The molecule has 5 nitrogen and oxygen atoms in total. The Kier molecular flexibility index (Phi) is 3.84. The van der Waals surface area contributed by atoms with Crippen LogP contribution in [0.25, 0.3) is 0 Å². The second-order valence-corrected chi connectivity index (χ2v) is 4.17. The van der Waals surface area contributed by atoms with Crippen LogP contribution in [0.5, 0.6) is 0 Å². The SMILES string of the molecule is Nc1cc(C(=O)NCCn2cccn2)ccc1Cl. The monoisotopic (exact) mass is 264 g/mol. The molecule has 0 fully saturated rings. The number of anilines is 1. The standard InChI is InChI=1S/C12H13ClN4O/c13-10-3-2-9(8-11(10)14)12(18)15-5-7-17-6-1-4-16-17/h1-4,6,8H,5,7,14H2,(H,15,18). The van der Waals surface area contributed by atoms with Crippen molar-refractivity contribution in [2.75, 3.05) is 12.3 Å². The molecule has 0 spiro atoms. The summed E-state index contributed by atoms with van der Waals surface area (Å²) < 4.78 is 1.75. The van der Waals surface area contributed by atoms with Crippen molar-refractivity contribution in [1.29, 1.82) is 0 Å². The number of hydrogen-bond donors (Lipinski definition) is 2. The van der Waals surface area contributed by atoms with Gasteiger partial charge in [-0.2, -0.15) is 5.10 Å². The summed E-state index contributed by atoms with van der Waals surface area (Å²) in [6.07, 6.45) is 3.54. The quantitative estimate of drug-likeness (QED) is 0.823. The zero-order chi connectivity index (χ0) is 13.0. The van der Waals surface area contributed by atoms with Crippen molar-refractivity contribution in [2.45, 2.75) is 6.54 Å². The summed E-state index contributed by atoms with van der Waals surface area (Å²) in [5, 5.41) is 7.27. The third-order valence-electron chi connectivity index (χ3n) is 2.44. The van der Waals surface area contributed by atoms with Gasteiger partial charge in [-0.15, -0.1) is 0 Å². The molecule has 1 aromatic carbocycles. The Morgan fingerprint density at radius 1 is 1.50 bits per heavy atom. The van der Waals surface area contributed by atoms with E-state index in [4.69, 9.17) is 17.3 Å². The molecule has 0 bridgehead atoms. The van der Waals surface area contributed by atoms with Crippen LogP contribution in [0.2, 0.25) is 5.02 Å². The van der Waals surface area contributed by atoms with Crippen molar-refractivity contribution in [3.63, 3.8) is 0 Å². The number of nitrogen functional groups attached to an aromatic ring is 1. The number of nitrogens with one attached hydrogen (secondary N) is 1. The largest absolute Gasteiger partial charge is 0.398 e. The maximum atomic E-state index is 11.8. The van der Waals surface area contributed by atoms with Gasteiger partial charge in [-0.3, -0.25) is 9.48 Å². The fourth-order valence-electron chi connectivity index (χ4n) is 1.50. The topological polar surface area (TPSA) is 72.9 Å². The minimum Gasteiger partial charge on any atom is -0.398 e. The molecule has 0 aliphatic rings. The number of aromatic nitrogens is 2. The molecule has 0 saturated heterocycles. The van der Waals surface area contributed by atoms with Gasteiger partial charge >= 0.3 is 0 Å². The van der Waals surface area contributed by atoms with Gasteiger partial charge in [0.25, 0.3) is 5.91 Å². The number of nitrogens with zero attached hydrogens (tertiary/aromatic N) is 2. The summed E-state index contributed by atoms with van der Waals surface area (Å²) in [6.45, 7) is 1.13. The molecular weight excluding hydrogens is 252 g/mol. The van der Waals surface area contributed by atoms with Crippen molar-refractivity contribution in [2.24, 2.45) is 0 Å². The highest BCUT2D eigenvalue weighted by Crippen LogP contribution is 2.19. The van der Waals surface area contributed by atoms with Crippen molar-refractivity contribution in [1.82, 2.24) is 15.1 Å². The molecule has 0 atom stereocenters. The van der Waals surface area contributed by atoms with Crippen LogP contribution < -0.4 is 11.1 Å². The maximum Gasteiger partial charge on any atom is 0.251 e. The molecule has 0 saturated carbocycles. The second-order valence-electron chi connectivity index (χ2n) is 3.76. The van der Waals surface area contributed by atoms with Gasteiger partial charge in [-0.05, 0) is 24.3 Å². The molecule has 2 aromatic rings. The first-order chi connectivity index (χ1) is 8.66. The number of benzene rings is 1. The van der Waals surface area contributed by atoms with Gasteiger partial charge < -0.3 is 11.1 Å². The minimum absolute atomic E-state index is 0.175. The minimum atomic E-state index is -0.175.